The Bertz CT molecular complexity index is 646. The summed E-state index contributed by atoms with van der Waals surface area (Å²) in [7, 11) is 0. The summed E-state index contributed by atoms with van der Waals surface area (Å²) in [6.45, 7) is 0. The van der Waals surface area contributed by atoms with Gasteiger partial charge in [-0.25, -0.2) is 0 Å². The van der Waals surface area contributed by atoms with Crippen LogP contribution in [0.1, 0.15) is 17.2 Å². The molecule has 0 N–H and O–H groups in total. The molecular weight excluding hydrogens is 332 g/mol. The number of rotatable bonds is 6. The van der Waals surface area contributed by atoms with Gasteiger partial charge in [-0.15, -0.1) is 12.6 Å². The Labute approximate surface area is 145 Å². The summed E-state index contributed by atoms with van der Waals surface area (Å²) in [5.74, 6) is -1.83. The van der Waals surface area contributed by atoms with Crippen LogP contribution in [0.15, 0.2) is 72.3 Å². The summed E-state index contributed by atoms with van der Waals surface area (Å²) in [5, 5.41) is -0.619. The van der Waals surface area contributed by atoms with Crippen molar-refractivity contribution in [2.24, 2.45) is 5.92 Å². The first kappa shape index (κ1) is 17.3. The van der Waals surface area contributed by atoms with Crippen molar-refractivity contribution < 1.29 is 14.3 Å². The molecule has 0 heterocycles. The topological polar surface area (TPSA) is 43.4 Å². The lowest BCUT2D eigenvalue weighted by molar-refractivity contribution is -0.152. The molecule has 0 aliphatic rings. The van der Waals surface area contributed by atoms with Gasteiger partial charge in [-0.2, -0.15) is 0 Å². The van der Waals surface area contributed by atoms with E-state index in [0.717, 1.165) is 16.7 Å². The van der Waals surface area contributed by atoms with Crippen LogP contribution in [0.2, 0.25) is 0 Å². The standard InChI is InChI=1S/C18H15ClO3S/c19-12-11-15(18(21)23)17(20)22-16(13-7-3-1-4-8-13)14-9-5-2-6-10-14/h1-12,15-16H,(H,21,23). The molecule has 5 heteroatoms. The van der Waals surface area contributed by atoms with Crippen LogP contribution in [0.4, 0.5) is 0 Å². The average Bonchev–Trinajstić information content (AvgIpc) is 2.58. The number of benzene rings is 2. The normalized spacial score (nSPS) is 12.3. The third-order valence-electron chi connectivity index (χ3n) is 3.22. The highest BCUT2D eigenvalue weighted by Gasteiger charge is 2.27. The predicted octanol–water partition coefficient (Wildman–Crippen LogP) is 4.14. The minimum atomic E-state index is -1.13. The summed E-state index contributed by atoms with van der Waals surface area (Å²) in [4.78, 5) is 23.8. The molecule has 0 spiro atoms. The van der Waals surface area contributed by atoms with Crippen molar-refractivity contribution in [3.8, 4) is 0 Å². The van der Waals surface area contributed by atoms with Gasteiger partial charge in [-0.05, 0) is 11.1 Å². The van der Waals surface area contributed by atoms with Gasteiger partial charge in [-0.3, -0.25) is 9.59 Å². The van der Waals surface area contributed by atoms with Crippen LogP contribution in [-0.4, -0.2) is 11.1 Å². The number of hydrogen-bond donors (Lipinski definition) is 1. The van der Waals surface area contributed by atoms with E-state index < -0.39 is 23.1 Å². The monoisotopic (exact) mass is 346 g/mol. The van der Waals surface area contributed by atoms with Crippen LogP contribution in [0, 0.1) is 5.92 Å². The quantitative estimate of drug-likeness (QED) is 0.485. The molecule has 0 aromatic heterocycles. The highest BCUT2D eigenvalue weighted by molar-refractivity contribution is 7.96. The summed E-state index contributed by atoms with van der Waals surface area (Å²) in [5.41, 5.74) is 2.74. The Morgan fingerprint density at radius 3 is 1.83 bits per heavy atom. The Balaban J connectivity index is 2.32. The van der Waals surface area contributed by atoms with Gasteiger partial charge in [0.2, 0.25) is 5.12 Å². The van der Waals surface area contributed by atoms with Crippen molar-refractivity contribution in [3.05, 3.63) is 83.4 Å². The molecule has 118 valence electrons. The van der Waals surface area contributed by atoms with E-state index in [2.05, 4.69) is 12.6 Å². The van der Waals surface area contributed by atoms with Gasteiger partial charge in [0, 0.05) is 5.54 Å². The number of ether oxygens (including phenoxy) is 1. The smallest absolute Gasteiger partial charge is 0.322 e. The van der Waals surface area contributed by atoms with Gasteiger partial charge in [0.25, 0.3) is 0 Å². The zero-order valence-corrected chi connectivity index (χ0v) is 13.8. The van der Waals surface area contributed by atoms with E-state index in [9.17, 15) is 9.59 Å². The molecule has 0 fully saturated rings. The fourth-order valence-electron chi connectivity index (χ4n) is 2.11. The predicted molar refractivity (Wildman–Crippen MR) is 93.3 cm³/mol. The SMILES string of the molecule is O=C(S)C(C=CCl)C(=O)OC(c1ccccc1)c1ccccc1. The molecule has 2 aromatic rings. The second kappa shape index (κ2) is 8.56. The Morgan fingerprint density at radius 2 is 1.43 bits per heavy atom. The number of carbonyl (C=O) groups is 2. The maximum Gasteiger partial charge on any atom is 0.322 e. The Kier molecular flexibility index (Phi) is 6.44. The van der Waals surface area contributed by atoms with Crippen molar-refractivity contribution in [1.82, 2.24) is 0 Å². The largest absolute Gasteiger partial charge is 0.452 e. The molecule has 1 atom stereocenters. The van der Waals surface area contributed by atoms with Crippen LogP contribution in [-0.2, 0) is 14.3 Å². The Hall–Kier alpha value is -2.04. The van der Waals surface area contributed by atoms with E-state index in [1.165, 1.54) is 6.08 Å². The Morgan fingerprint density at radius 1 is 0.957 bits per heavy atom. The fourth-order valence-corrected chi connectivity index (χ4v) is 2.45. The lowest BCUT2D eigenvalue weighted by atomic mass is 10.0. The minimum Gasteiger partial charge on any atom is -0.452 e. The van der Waals surface area contributed by atoms with Crippen LogP contribution in [0.3, 0.4) is 0 Å². The molecule has 0 saturated carbocycles. The van der Waals surface area contributed by atoms with E-state index in [-0.39, 0.29) is 0 Å². The molecule has 0 amide bonds. The number of halogens is 1. The molecule has 0 saturated heterocycles. The third kappa shape index (κ3) is 4.71. The minimum absolute atomic E-state index is 0.608. The van der Waals surface area contributed by atoms with Gasteiger partial charge in [0.05, 0.1) is 0 Å². The highest BCUT2D eigenvalue weighted by atomic mass is 35.5. The van der Waals surface area contributed by atoms with Crippen molar-refractivity contribution in [2.75, 3.05) is 0 Å². The summed E-state index contributed by atoms with van der Waals surface area (Å²) < 4.78 is 5.58. The third-order valence-corrected chi connectivity index (χ3v) is 3.65. The van der Waals surface area contributed by atoms with Crippen molar-refractivity contribution >= 4 is 35.3 Å². The molecule has 0 aliphatic carbocycles. The highest BCUT2D eigenvalue weighted by Crippen LogP contribution is 2.27. The van der Waals surface area contributed by atoms with Gasteiger partial charge in [0.1, 0.15) is 5.92 Å². The zero-order valence-electron chi connectivity index (χ0n) is 12.1. The van der Waals surface area contributed by atoms with E-state index in [1.54, 1.807) is 0 Å². The lowest BCUT2D eigenvalue weighted by Crippen LogP contribution is -2.23. The van der Waals surface area contributed by atoms with Gasteiger partial charge < -0.3 is 4.74 Å². The molecular formula is C18H15ClO3S. The van der Waals surface area contributed by atoms with Crippen molar-refractivity contribution in [3.63, 3.8) is 0 Å². The van der Waals surface area contributed by atoms with E-state index in [0.29, 0.717) is 0 Å². The second-order valence-electron chi connectivity index (χ2n) is 4.77. The first-order valence-electron chi connectivity index (χ1n) is 6.93. The molecule has 0 radical (unpaired) electrons. The van der Waals surface area contributed by atoms with Crippen LogP contribution >= 0.6 is 24.2 Å². The summed E-state index contributed by atoms with van der Waals surface area (Å²) >= 11 is 9.19. The molecule has 2 rings (SSSR count). The number of hydrogen-bond acceptors (Lipinski definition) is 3. The molecule has 1 unspecified atom stereocenters. The number of thiol groups is 1. The summed E-state index contributed by atoms with van der Waals surface area (Å²) in [6.07, 6.45) is 0.649. The van der Waals surface area contributed by atoms with Crippen LogP contribution < -0.4 is 0 Å². The molecule has 3 nitrogen and oxygen atoms in total. The molecule has 0 bridgehead atoms. The van der Waals surface area contributed by atoms with Gasteiger partial charge >= 0.3 is 5.97 Å². The van der Waals surface area contributed by atoms with Crippen LogP contribution in [0.5, 0.6) is 0 Å². The zero-order chi connectivity index (χ0) is 16.7. The number of esters is 1. The number of carbonyl (C=O) groups excluding carboxylic acids is 2. The van der Waals surface area contributed by atoms with Gasteiger partial charge in [0.15, 0.2) is 6.10 Å². The molecule has 0 aliphatic heterocycles. The average molecular weight is 347 g/mol. The summed E-state index contributed by atoms with van der Waals surface area (Å²) in [6, 6.07) is 18.6. The van der Waals surface area contributed by atoms with Crippen molar-refractivity contribution in [2.45, 2.75) is 6.10 Å². The maximum absolute atomic E-state index is 12.3. The second-order valence-corrected chi connectivity index (χ2v) is 5.47. The van der Waals surface area contributed by atoms with E-state index in [4.69, 9.17) is 16.3 Å². The molecule has 23 heavy (non-hydrogen) atoms. The van der Waals surface area contributed by atoms with E-state index in [1.807, 2.05) is 60.7 Å². The fraction of sp³-hybridized carbons (Fsp3) is 0.111. The maximum atomic E-state index is 12.3. The molecule has 2 aromatic carbocycles. The van der Waals surface area contributed by atoms with Crippen molar-refractivity contribution in [1.29, 1.82) is 0 Å². The van der Waals surface area contributed by atoms with E-state index >= 15 is 0 Å². The first-order chi connectivity index (χ1) is 11.1. The lowest BCUT2D eigenvalue weighted by Gasteiger charge is -2.20. The van der Waals surface area contributed by atoms with Crippen LogP contribution in [0.25, 0.3) is 0 Å². The first-order valence-corrected chi connectivity index (χ1v) is 7.82. The van der Waals surface area contributed by atoms with Gasteiger partial charge in [-0.1, -0.05) is 78.3 Å².